The van der Waals surface area contributed by atoms with Gasteiger partial charge in [-0.2, -0.15) is 0 Å². The molecule has 2 aromatic carbocycles. The van der Waals surface area contributed by atoms with Gasteiger partial charge in [0.1, 0.15) is 5.82 Å². The maximum absolute atomic E-state index is 13.2. The number of rotatable bonds is 3. The third-order valence-corrected chi connectivity index (χ3v) is 3.50. The van der Waals surface area contributed by atoms with Crippen LogP contribution in [0.3, 0.4) is 0 Å². The monoisotopic (exact) mass is 364 g/mol. The van der Waals surface area contributed by atoms with Crippen molar-refractivity contribution in [2.75, 3.05) is 0 Å². The van der Waals surface area contributed by atoms with Gasteiger partial charge >= 0.3 is 0 Å². The van der Waals surface area contributed by atoms with Crippen LogP contribution in [-0.4, -0.2) is 11.8 Å². The van der Waals surface area contributed by atoms with Crippen LogP contribution in [-0.2, 0) is 6.42 Å². The molecule has 0 saturated carbocycles. The van der Waals surface area contributed by atoms with Gasteiger partial charge in [0, 0.05) is 15.6 Å². The zero-order valence-electron chi connectivity index (χ0n) is 11.8. The number of aryl methyl sites for hydroxylation is 1. The largest absolute Gasteiger partial charge is 0.269 e. The normalized spacial score (nSPS) is 10.1. The second-order valence-electron chi connectivity index (χ2n) is 4.62. The van der Waals surface area contributed by atoms with Crippen molar-refractivity contribution in [1.82, 2.24) is 10.9 Å². The predicted octanol–water partition coefficient (Wildman–Crippen LogP) is 3.23. The van der Waals surface area contributed by atoms with Gasteiger partial charge in [0.25, 0.3) is 11.8 Å². The van der Waals surface area contributed by atoms with Crippen LogP contribution >= 0.6 is 15.9 Å². The molecule has 2 aromatic rings. The number of hydrogen-bond donors (Lipinski definition) is 2. The minimum absolute atomic E-state index is 0.105. The van der Waals surface area contributed by atoms with Crippen molar-refractivity contribution in [3.63, 3.8) is 0 Å². The van der Waals surface area contributed by atoms with E-state index in [9.17, 15) is 14.0 Å². The molecule has 2 amide bonds. The molecular formula is C16H14BrFN2O2. The van der Waals surface area contributed by atoms with Gasteiger partial charge in [-0.3, -0.25) is 20.4 Å². The number of nitrogens with one attached hydrogen (secondary N) is 2. The van der Waals surface area contributed by atoms with Crippen LogP contribution < -0.4 is 10.9 Å². The van der Waals surface area contributed by atoms with Crippen LogP contribution in [0.15, 0.2) is 46.9 Å². The molecule has 0 atom stereocenters. The first-order chi connectivity index (χ1) is 10.5. The van der Waals surface area contributed by atoms with E-state index >= 15 is 0 Å². The number of benzene rings is 2. The molecule has 2 rings (SSSR count). The lowest BCUT2D eigenvalue weighted by molar-refractivity contribution is 0.0846. The minimum atomic E-state index is -0.598. The summed E-state index contributed by atoms with van der Waals surface area (Å²) in [6.07, 6.45) is 0.882. The molecule has 114 valence electrons. The van der Waals surface area contributed by atoms with Crippen LogP contribution in [0.25, 0.3) is 0 Å². The Morgan fingerprint density at radius 1 is 1.00 bits per heavy atom. The summed E-state index contributed by atoms with van der Waals surface area (Å²) in [7, 11) is 0. The molecule has 0 heterocycles. The molecule has 22 heavy (non-hydrogen) atoms. The molecule has 6 heteroatoms. The third-order valence-electron chi connectivity index (χ3n) is 3.04. The van der Waals surface area contributed by atoms with Crippen molar-refractivity contribution in [3.05, 3.63) is 69.4 Å². The van der Waals surface area contributed by atoms with Crippen molar-refractivity contribution < 1.29 is 14.0 Å². The highest BCUT2D eigenvalue weighted by Crippen LogP contribution is 2.14. The van der Waals surface area contributed by atoms with Crippen molar-refractivity contribution >= 4 is 27.7 Å². The first-order valence-corrected chi connectivity index (χ1v) is 7.44. The fourth-order valence-corrected chi connectivity index (χ4v) is 2.30. The fourth-order valence-electron chi connectivity index (χ4n) is 1.83. The number of carbonyl (C=O) groups is 2. The van der Waals surface area contributed by atoms with E-state index in [1.807, 2.05) is 19.1 Å². The van der Waals surface area contributed by atoms with Crippen molar-refractivity contribution in [3.8, 4) is 0 Å². The Labute approximate surface area is 135 Å². The number of carbonyl (C=O) groups excluding carboxylic acids is 2. The molecule has 0 aliphatic heterocycles. The van der Waals surface area contributed by atoms with Gasteiger partial charge in [0.15, 0.2) is 0 Å². The molecule has 0 unspecified atom stereocenters. The Hall–Kier alpha value is -2.21. The Bertz CT molecular complexity index is 682. The van der Waals surface area contributed by atoms with E-state index in [1.165, 1.54) is 12.1 Å². The Kier molecular flexibility index (Phi) is 5.27. The van der Waals surface area contributed by atoms with E-state index in [1.54, 1.807) is 12.1 Å². The molecular weight excluding hydrogens is 351 g/mol. The quantitative estimate of drug-likeness (QED) is 0.821. The summed E-state index contributed by atoms with van der Waals surface area (Å²) in [6.45, 7) is 2.02. The summed E-state index contributed by atoms with van der Waals surface area (Å²) in [5.41, 5.74) is 6.20. The van der Waals surface area contributed by atoms with E-state index in [-0.39, 0.29) is 5.56 Å². The SMILES string of the molecule is CCc1ccc(C(=O)NNC(=O)c2cc(F)cc(Br)c2)cc1. The van der Waals surface area contributed by atoms with E-state index in [0.29, 0.717) is 10.0 Å². The highest BCUT2D eigenvalue weighted by molar-refractivity contribution is 9.10. The molecule has 0 aromatic heterocycles. The van der Waals surface area contributed by atoms with Gasteiger partial charge in [-0.25, -0.2) is 4.39 Å². The smallest absolute Gasteiger partial charge is 0.267 e. The summed E-state index contributed by atoms with van der Waals surface area (Å²) in [5.74, 6) is -1.58. The van der Waals surface area contributed by atoms with Gasteiger partial charge in [0.2, 0.25) is 0 Å². The molecule has 0 bridgehead atoms. The summed E-state index contributed by atoms with van der Waals surface area (Å²) in [5, 5.41) is 0. The Balaban J connectivity index is 1.99. The molecule has 0 spiro atoms. The highest BCUT2D eigenvalue weighted by atomic mass is 79.9. The Morgan fingerprint density at radius 3 is 2.14 bits per heavy atom. The zero-order chi connectivity index (χ0) is 16.1. The third kappa shape index (κ3) is 4.14. The summed E-state index contributed by atoms with van der Waals surface area (Å²) >= 11 is 3.10. The standard InChI is InChI=1S/C16H14BrFN2O2/c1-2-10-3-5-11(6-4-10)15(21)19-20-16(22)12-7-13(17)9-14(18)8-12/h3-9H,2H2,1H3,(H,19,21)(H,20,22). The maximum atomic E-state index is 13.2. The average Bonchev–Trinajstić information content (AvgIpc) is 2.51. The first-order valence-electron chi connectivity index (χ1n) is 6.65. The Morgan fingerprint density at radius 2 is 1.59 bits per heavy atom. The van der Waals surface area contributed by atoms with Crippen LogP contribution in [0.2, 0.25) is 0 Å². The van der Waals surface area contributed by atoms with Gasteiger partial charge in [-0.1, -0.05) is 35.0 Å². The number of hydrazine groups is 1. The van der Waals surface area contributed by atoms with Crippen LogP contribution in [0.4, 0.5) is 4.39 Å². The van der Waals surface area contributed by atoms with Gasteiger partial charge < -0.3 is 0 Å². The molecule has 4 nitrogen and oxygen atoms in total. The highest BCUT2D eigenvalue weighted by Gasteiger charge is 2.10. The van der Waals surface area contributed by atoms with Crippen LogP contribution in [0, 0.1) is 5.82 Å². The minimum Gasteiger partial charge on any atom is -0.267 e. The number of halogens is 2. The lowest BCUT2D eigenvalue weighted by atomic mass is 10.1. The van der Waals surface area contributed by atoms with Crippen molar-refractivity contribution in [2.45, 2.75) is 13.3 Å². The van der Waals surface area contributed by atoms with E-state index in [0.717, 1.165) is 18.1 Å². The van der Waals surface area contributed by atoms with Crippen LogP contribution in [0.5, 0.6) is 0 Å². The lowest BCUT2D eigenvalue weighted by Crippen LogP contribution is -2.41. The van der Waals surface area contributed by atoms with Crippen LogP contribution in [0.1, 0.15) is 33.2 Å². The molecule has 0 aliphatic rings. The molecule has 0 fully saturated rings. The average molecular weight is 365 g/mol. The summed E-state index contributed by atoms with van der Waals surface area (Å²) < 4.78 is 13.7. The lowest BCUT2D eigenvalue weighted by Gasteiger charge is -2.08. The van der Waals surface area contributed by atoms with E-state index in [2.05, 4.69) is 26.8 Å². The molecule has 2 N–H and O–H groups in total. The van der Waals surface area contributed by atoms with E-state index in [4.69, 9.17) is 0 Å². The molecule has 0 radical (unpaired) electrons. The first kappa shape index (κ1) is 16.2. The molecule has 0 saturated heterocycles. The second-order valence-corrected chi connectivity index (χ2v) is 5.53. The van der Waals surface area contributed by atoms with Gasteiger partial charge in [-0.15, -0.1) is 0 Å². The number of hydrogen-bond acceptors (Lipinski definition) is 2. The predicted molar refractivity (Wildman–Crippen MR) is 84.9 cm³/mol. The van der Waals surface area contributed by atoms with Gasteiger partial charge in [-0.05, 0) is 42.3 Å². The summed E-state index contributed by atoms with van der Waals surface area (Å²) in [4.78, 5) is 23.8. The van der Waals surface area contributed by atoms with Crippen molar-refractivity contribution in [1.29, 1.82) is 0 Å². The second kappa shape index (κ2) is 7.17. The van der Waals surface area contributed by atoms with Gasteiger partial charge in [0.05, 0.1) is 0 Å². The van der Waals surface area contributed by atoms with E-state index < -0.39 is 17.6 Å². The topological polar surface area (TPSA) is 58.2 Å². The van der Waals surface area contributed by atoms with Crippen molar-refractivity contribution in [2.24, 2.45) is 0 Å². The molecule has 0 aliphatic carbocycles. The maximum Gasteiger partial charge on any atom is 0.269 e. The fraction of sp³-hybridized carbons (Fsp3) is 0.125. The zero-order valence-corrected chi connectivity index (χ0v) is 13.4. The number of amides is 2. The summed E-state index contributed by atoms with van der Waals surface area (Å²) in [6, 6.07) is 10.8.